The van der Waals surface area contributed by atoms with E-state index in [0.717, 1.165) is 58.5 Å². The Morgan fingerprint density at radius 3 is 2.57 bits per heavy atom. The molecule has 3 rings (SSSR count). The summed E-state index contributed by atoms with van der Waals surface area (Å²) in [4.78, 5) is 15.5. The van der Waals surface area contributed by atoms with Crippen molar-refractivity contribution in [1.29, 1.82) is 0 Å². The fourth-order valence-electron chi connectivity index (χ4n) is 4.50. The molecule has 1 unspecified atom stereocenters. The molecule has 2 heterocycles. The summed E-state index contributed by atoms with van der Waals surface area (Å²) in [7, 11) is 0. The molecule has 1 spiro atoms. The lowest BCUT2D eigenvalue weighted by Gasteiger charge is -2.44. The summed E-state index contributed by atoms with van der Waals surface area (Å²) in [6.07, 6.45) is 6.72. The van der Waals surface area contributed by atoms with Crippen molar-refractivity contribution in [2.45, 2.75) is 63.5 Å². The second-order valence-corrected chi connectivity index (χ2v) is 7.59. The van der Waals surface area contributed by atoms with E-state index in [-0.39, 0.29) is 17.1 Å². The van der Waals surface area contributed by atoms with Crippen LogP contribution in [0.4, 0.5) is 0 Å². The molecular formula is C17H30N2O2. The van der Waals surface area contributed by atoms with Crippen LogP contribution in [0.15, 0.2) is 0 Å². The molecule has 1 aliphatic carbocycles. The first-order valence-electron chi connectivity index (χ1n) is 8.68. The zero-order valence-corrected chi connectivity index (χ0v) is 13.6. The summed E-state index contributed by atoms with van der Waals surface area (Å²) in [6, 6.07) is 0. The van der Waals surface area contributed by atoms with Crippen molar-refractivity contribution in [2.75, 3.05) is 32.8 Å². The Morgan fingerprint density at radius 1 is 1.24 bits per heavy atom. The number of rotatable bonds is 3. The number of ether oxygens (including phenoxy) is 1. The Kier molecular flexibility index (Phi) is 4.40. The molecule has 21 heavy (non-hydrogen) atoms. The summed E-state index contributed by atoms with van der Waals surface area (Å²) in [5, 5.41) is 3.37. The highest BCUT2D eigenvalue weighted by Crippen LogP contribution is 2.43. The minimum absolute atomic E-state index is 0.0398. The van der Waals surface area contributed by atoms with Crippen molar-refractivity contribution >= 4 is 5.78 Å². The summed E-state index contributed by atoms with van der Waals surface area (Å²) in [5.74, 6) is 0.640. The van der Waals surface area contributed by atoms with Gasteiger partial charge in [0.25, 0.3) is 0 Å². The molecule has 120 valence electrons. The average molecular weight is 294 g/mol. The molecule has 0 bridgehead atoms. The smallest absolute Gasteiger partial charge is 0.155 e. The van der Waals surface area contributed by atoms with E-state index in [9.17, 15) is 4.79 Å². The summed E-state index contributed by atoms with van der Waals surface area (Å²) < 4.78 is 6.09. The van der Waals surface area contributed by atoms with E-state index in [0.29, 0.717) is 5.78 Å². The van der Waals surface area contributed by atoms with Crippen LogP contribution in [0.5, 0.6) is 0 Å². The fraction of sp³-hybridized carbons (Fsp3) is 0.941. The van der Waals surface area contributed by atoms with Gasteiger partial charge in [0.1, 0.15) is 0 Å². The molecule has 1 atom stereocenters. The second-order valence-electron chi connectivity index (χ2n) is 7.59. The lowest BCUT2D eigenvalue weighted by molar-refractivity contribution is -0.146. The van der Waals surface area contributed by atoms with E-state index in [4.69, 9.17) is 4.74 Å². The van der Waals surface area contributed by atoms with Gasteiger partial charge < -0.3 is 10.1 Å². The molecule has 1 saturated carbocycles. The van der Waals surface area contributed by atoms with Gasteiger partial charge in [0.15, 0.2) is 5.78 Å². The summed E-state index contributed by atoms with van der Waals surface area (Å²) in [5.41, 5.74) is -0.290. The molecule has 0 radical (unpaired) electrons. The number of hydrogen-bond acceptors (Lipinski definition) is 4. The number of piperazine rings is 1. The number of nitrogens with zero attached hydrogens (tertiary/aromatic N) is 1. The Bertz CT molecular complexity index is 382. The van der Waals surface area contributed by atoms with E-state index in [2.05, 4.69) is 24.1 Å². The molecule has 1 N–H and O–H groups in total. The van der Waals surface area contributed by atoms with Crippen LogP contribution in [0.25, 0.3) is 0 Å². The van der Waals surface area contributed by atoms with Gasteiger partial charge >= 0.3 is 0 Å². The van der Waals surface area contributed by atoms with Gasteiger partial charge in [0.05, 0.1) is 11.1 Å². The van der Waals surface area contributed by atoms with Crippen LogP contribution in [0.3, 0.4) is 0 Å². The zero-order chi connectivity index (χ0) is 14.9. The largest absolute Gasteiger partial charge is 0.375 e. The van der Waals surface area contributed by atoms with Gasteiger partial charge in [0.2, 0.25) is 0 Å². The highest BCUT2D eigenvalue weighted by Gasteiger charge is 2.46. The zero-order valence-electron chi connectivity index (χ0n) is 13.6. The normalized spacial score (nSPS) is 30.7. The number of hydrogen-bond donors (Lipinski definition) is 1. The van der Waals surface area contributed by atoms with Crippen LogP contribution in [-0.2, 0) is 9.53 Å². The first kappa shape index (κ1) is 15.4. The third kappa shape index (κ3) is 3.03. The van der Waals surface area contributed by atoms with Crippen molar-refractivity contribution in [3.05, 3.63) is 0 Å². The molecule has 0 aromatic rings. The number of nitrogens with one attached hydrogen (secondary N) is 1. The fourth-order valence-corrected chi connectivity index (χ4v) is 4.50. The molecular weight excluding hydrogens is 264 g/mol. The quantitative estimate of drug-likeness (QED) is 0.864. The summed E-state index contributed by atoms with van der Waals surface area (Å²) in [6.45, 7) is 8.96. The first-order chi connectivity index (χ1) is 10.0. The molecule has 3 aliphatic rings. The third-order valence-corrected chi connectivity index (χ3v) is 5.89. The molecule has 0 aromatic heterocycles. The molecule has 0 amide bonds. The molecule has 2 saturated heterocycles. The van der Waals surface area contributed by atoms with Crippen LogP contribution >= 0.6 is 0 Å². The minimum atomic E-state index is -0.329. The molecule has 2 aliphatic heterocycles. The van der Waals surface area contributed by atoms with Crippen molar-refractivity contribution in [2.24, 2.45) is 5.92 Å². The Hall–Kier alpha value is -0.450. The Labute approximate surface area is 128 Å². The van der Waals surface area contributed by atoms with E-state index in [1.807, 2.05) is 0 Å². The second kappa shape index (κ2) is 5.98. The Morgan fingerprint density at radius 2 is 1.90 bits per heavy atom. The van der Waals surface area contributed by atoms with E-state index in [1.165, 1.54) is 12.8 Å². The standard InChI is InChI=1S/C17H30N2O2/c1-16(2,19-10-8-18-9-11-19)15(20)14-5-12-21-17(13-14)6-3-4-7-17/h14,18H,3-13H2,1-2H3. The molecule has 3 fully saturated rings. The first-order valence-corrected chi connectivity index (χ1v) is 8.68. The van der Waals surface area contributed by atoms with Crippen LogP contribution in [0.2, 0.25) is 0 Å². The van der Waals surface area contributed by atoms with Crippen molar-refractivity contribution < 1.29 is 9.53 Å². The van der Waals surface area contributed by atoms with Gasteiger partial charge in [-0.25, -0.2) is 0 Å². The maximum absolute atomic E-state index is 13.1. The van der Waals surface area contributed by atoms with Gasteiger partial charge in [0, 0.05) is 38.7 Å². The number of Topliss-reactive ketones (excluding diaryl/α,β-unsaturated/α-hetero) is 1. The van der Waals surface area contributed by atoms with Gasteiger partial charge in [-0.1, -0.05) is 12.8 Å². The van der Waals surface area contributed by atoms with Gasteiger partial charge in [-0.2, -0.15) is 0 Å². The van der Waals surface area contributed by atoms with Gasteiger partial charge in [-0.05, 0) is 39.5 Å². The topological polar surface area (TPSA) is 41.6 Å². The SMILES string of the molecule is CC(C)(C(=O)C1CCOC2(CCCC2)C1)N1CCNCC1. The van der Waals surface area contributed by atoms with Crippen molar-refractivity contribution in [3.8, 4) is 0 Å². The maximum atomic E-state index is 13.1. The lowest BCUT2D eigenvalue weighted by atomic mass is 9.77. The van der Waals surface area contributed by atoms with E-state index < -0.39 is 0 Å². The number of ketones is 1. The molecule has 0 aromatic carbocycles. The van der Waals surface area contributed by atoms with Crippen LogP contribution in [0, 0.1) is 5.92 Å². The highest BCUT2D eigenvalue weighted by molar-refractivity contribution is 5.89. The minimum Gasteiger partial charge on any atom is -0.375 e. The maximum Gasteiger partial charge on any atom is 0.155 e. The third-order valence-electron chi connectivity index (χ3n) is 5.89. The average Bonchev–Trinajstić information content (AvgIpc) is 2.95. The van der Waals surface area contributed by atoms with Crippen molar-refractivity contribution in [3.63, 3.8) is 0 Å². The van der Waals surface area contributed by atoms with Crippen LogP contribution < -0.4 is 5.32 Å². The van der Waals surface area contributed by atoms with Gasteiger partial charge in [-0.3, -0.25) is 9.69 Å². The van der Waals surface area contributed by atoms with Crippen molar-refractivity contribution in [1.82, 2.24) is 10.2 Å². The predicted molar refractivity (Wildman–Crippen MR) is 83.4 cm³/mol. The number of carbonyl (C=O) groups is 1. The van der Waals surface area contributed by atoms with E-state index in [1.54, 1.807) is 0 Å². The van der Waals surface area contributed by atoms with Gasteiger partial charge in [-0.15, -0.1) is 0 Å². The van der Waals surface area contributed by atoms with E-state index >= 15 is 0 Å². The summed E-state index contributed by atoms with van der Waals surface area (Å²) >= 11 is 0. The molecule has 4 nitrogen and oxygen atoms in total. The number of carbonyl (C=O) groups excluding carboxylic acids is 1. The predicted octanol–water partition coefficient (Wildman–Crippen LogP) is 1.98. The highest BCUT2D eigenvalue weighted by atomic mass is 16.5. The van der Waals surface area contributed by atoms with Crippen LogP contribution in [0.1, 0.15) is 52.4 Å². The van der Waals surface area contributed by atoms with Crippen LogP contribution in [-0.4, -0.2) is 54.6 Å². The monoisotopic (exact) mass is 294 g/mol. The molecule has 4 heteroatoms. The lowest BCUT2D eigenvalue weighted by Crippen LogP contribution is -2.59. The Balaban J connectivity index is 1.68.